The molecule has 0 aromatic heterocycles. The molecule has 5 heteroatoms. The Kier molecular flexibility index (Phi) is 5.14. The fourth-order valence-corrected chi connectivity index (χ4v) is 1.53. The molecule has 1 atom stereocenters. The van der Waals surface area contributed by atoms with Crippen LogP contribution < -0.4 is 10.6 Å². The zero-order valence-electron chi connectivity index (χ0n) is 9.29. The van der Waals surface area contributed by atoms with Crippen molar-refractivity contribution in [3.63, 3.8) is 0 Å². The van der Waals surface area contributed by atoms with Gasteiger partial charge in [0, 0.05) is 18.8 Å². The van der Waals surface area contributed by atoms with Crippen molar-refractivity contribution in [3.05, 3.63) is 30.1 Å². The third kappa shape index (κ3) is 4.55. The predicted molar refractivity (Wildman–Crippen MR) is 67.1 cm³/mol. The molecular formula is C11H15FN2OS. The van der Waals surface area contributed by atoms with E-state index in [0.29, 0.717) is 11.7 Å². The van der Waals surface area contributed by atoms with Gasteiger partial charge in [-0.2, -0.15) is 0 Å². The number of halogens is 1. The second-order valence-corrected chi connectivity index (χ2v) is 3.87. The van der Waals surface area contributed by atoms with Crippen LogP contribution in [0.5, 0.6) is 0 Å². The fraction of sp³-hybridized carbons (Fsp3) is 0.364. The van der Waals surface area contributed by atoms with Gasteiger partial charge in [-0.25, -0.2) is 4.39 Å². The van der Waals surface area contributed by atoms with Crippen LogP contribution >= 0.6 is 12.2 Å². The van der Waals surface area contributed by atoms with E-state index in [1.54, 1.807) is 19.2 Å². The zero-order chi connectivity index (χ0) is 12.0. The van der Waals surface area contributed by atoms with E-state index in [1.165, 1.54) is 12.1 Å². The first-order valence-electron chi connectivity index (χ1n) is 4.94. The molecule has 0 fully saturated rings. The van der Waals surface area contributed by atoms with E-state index in [-0.39, 0.29) is 11.9 Å². The van der Waals surface area contributed by atoms with Crippen LogP contribution in [-0.2, 0) is 4.74 Å². The van der Waals surface area contributed by atoms with E-state index in [1.807, 2.05) is 6.92 Å². The van der Waals surface area contributed by atoms with Crippen LogP contribution in [-0.4, -0.2) is 24.9 Å². The molecule has 0 saturated heterocycles. The molecule has 2 N–H and O–H groups in total. The second kappa shape index (κ2) is 6.40. The Hall–Kier alpha value is -1.20. The smallest absolute Gasteiger partial charge is 0.171 e. The van der Waals surface area contributed by atoms with Crippen LogP contribution in [0.4, 0.5) is 10.1 Å². The lowest BCUT2D eigenvalue weighted by Gasteiger charge is -2.16. The van der Waals surface area contributed by atoms with Gasteiger partial charge in [-0.05, 0) is 43.4 Å². The summed E-state index contributed by atoms with van der Waals surface area (Å²) in [6.07, 6.45) is 0. The average Bonchev–Trinajstić information content (AvgIpc) is 2.21. The summed E-state index contributed by atoms with van der Waals surface area (Å²) in [6, 6.07) is 6.15. The molecule has 0 aliphatic rings. The third-order valence-corrected chi connectivity index (χ3v) is 2.12. The van der Waals surface area contributed by atoms with Crippen molar-refractivity contribution in [1.82, 2.24) is 5.32 Å². The van der Waals surface area contributed by atoms with Crippen LogP contribution in [0.2, 0.25) is 0 Å². The number of rotatable bonds is 4. The highest BCUT2D eigenvalue weighted by atomic mass is 32.1. The van der Waals surface area contributed by atoms with Gasteiger partial charge in [-0.15, -0.1) is 0 Å². The van der Waals surface area contributed by atoms with E-state index in [4.69, 9.17) is 17.0 Å². The Labute approximate surface area is 100.0 Å². The Morgan fingerprint density at radius 2 is 2.06 bits per heavy atom. The largest absolute Gasteiger partial charge is 0.383 e. The number of nitrogens with one attached hydrogen (secondary N) is 2. The topological polar surface area (TPSA) is 33.3 Å². The lowest BCUT2D eigenvalue weighted by Crippen LogP contribution is -2.38. The van der Waals surface area contributed by atoms with E-state index >= 15 is 0 Å². The Bertz CT molecular complexity index is 342. The van der Waals surface area contributed by atoms with E-state index in [2.05, 4.69) is 10.6 Å². The summed E-state index contributed by atoms with van der Waals surface area (Å²) in [6.45, 7) is 2.54. The van der Waals surface area contributed by atoms with E-state index in [9.17, 15) is 4.39 Å². The lowest BCUT2D eigenvalue weighted by molar-refractivity contribution is 0.179. The minimum absolute atomic E-state index is 0.130. The summed E-state index contributed by atoms with van der Waals surface area (Å²) in [5.74, 6) is -0.267. The van der Waals surface area contributed by atoms with Crippen LogP contribution in [0.3, 0.4) is 0 Å². The van der Waals surface area contributed by atoms with Gasteiger partial charge in [0.25, 0.3) is 0 Å². The number of anilines is 1. The molecule has 88 valence electrons. The van der Waals surface area contributed by atoms with Gasteiger partial charge >= 0.3 is 0 Å². The number of ether oxygens (including phenoxy) is 1. The van der Waals surface area contributed by atoms with Crippen LogP contribution in [0.15, 0.2) is 24.3 Å². The highest BCUT2D eigenvalue weighted by molar-refractivity contribution is 7.80. The van der Waals surface area contributed by atoms with Gasteiger partial charge < -0.3 is 15.4 Å². The highest BCUT2D eigenvalue weighted by Crippen LogP contribution is 2.07. The molecule has 0 aliphatic carbocycles. The second-order valence-electron chi connectivity index (χ2n) is 3.46. The SMILES string of the molecule is COC[C@H](C)NC(=S)Nc1ccc(F)cc1. The maximum absolute atomic E-state index is 12.6. The van der Waals surface area contributed by atoms with Gasteiger partial charge in [0.2, 0.25) is 0 Å². The Morgan fingerprint density at radius 1 is 1.44 bits per heavy atom. The Balaban J connectivity index is 2.42. The summed E-state index contributed by atoms with van der Waals surface area (Å²) >= 11 is 5.09. The summed E-state index contributed by atoms with van der Waals surface area (Å²) in [5, 5.41) is 6.50. The first kappa shape index (κ1) is 12.9. The number of methoxy groups -OCH3 is 1. The molecular weight excluding hydrogens is 227 g/mol. The van der Waals surface area contributed by atoms with Crippen molar-refractivity contribution < 1.29 is 9.13 Å². The van der Waals surface area contributed by atoms with Crippen LogP contribution in [0.25, 0.3) is 0 Å². The molecule has 0 radical (unpaired) electrons. The number of benzene rings is 1. The molecule has 0 aliphatic heterocycles. The monoisotopic (exact) mass is 242 g/mol. The quantitative estimate of drug-likeness (QED) is 0.793. The predicted octanol–water partition coefficient (Wildman–Crippen LogP) is 2.15. The maximum atomic E-state index is 12.6. The molecule has 1 aromatic rings. The van der Waals surface area contributed by atoms with E-state index < -0.39 is 0 Å². The zero-order valence-corrected chi connectivity index (χ0v) is 10.1. The molecule has 1 aromatic carbocycles. The van der Waals surface area contributed by atoms with Crippen molar-refractivity contribution in [3.8, 4) is 0 Å². The van der Waals surface area contributed by atoms with Crippen molar-refractivity contribution >= 4 is 23.0 Å². The fourth-order valence-electron chi connectivity index (χ4n) is 1.22. The highest BCUT2D eigenvalue weighted by Gasteiger charge is 2.03. The Morgan fingerprint density at radius 3 is 2.62 bits per heavy atom. The number of hydrogen-bond donors (Lipinski definition) is 2. The summed E-state index contributed by atoms with van der Waals surface area (Å²) in [4.78, 5) is 0. The lowest BCUT2D eigenvalue weighted by atomic mass is 10.3. The van der Waals surface area contributed by atoms with Crippen molar-refractivity contribution in [2.24, 2.45) is 0 Å². The molecule has 0 unspecified atom stereocenters. The molecule has 3 nitrogen and oxygen atoms in total. The summed E-state index contributed by atoms with van der Waals surface area (Å²) < 4.78 is 17.6. The minimum Gasteiger partial charge on any atom is -0.383 e. The van der Waals surface area contributed by atoms with Gasteiger partial charge in [-0.3, -0.25) is 0 Å². The molecule has 0 heterocycles. The molecule has 16 heavy (non-hydrogen) atoms. The van der Waals surface area contributed by atoms with Crippen molar-refractivity contribution in [1.29, 1.82) is 0 Å². The van der Waals surface area contributed by atoms with Gasteiger partial charge in [0.15, 0.2) is 5.11 Å². The van der Waals surface area contributed by atoms with Gasteiger partial charge in [-0.1, -0.05) is 0 Å². The molecule has 0 amide bonds. The van der Waals surface area contributed by atoms with Crippen LogP contribution in [0, 0.1) is 5.82 Å². The van der Waals surface area contributed by atoms with Crippen LogP contribution in [0.1, 0.15) is 6.92 Å². The summed E-state index contributed by atoms with van der Waals surface area (Å²) in [5.41, 5.74) is 0.753. The molecule has 1 rings (SSSR count). The average molecular weight is 242 g/mol. The molecule has 0 spiro atoms. The van der Waals surface area contributed by atoms with E-state index in [0.717, 1.165) is 5.69 Å². The normalized spacial score (nSPS) is 11.9. The first-order chi connectivity index (χ1) is 7.61. The first-order valence-corrected chi connectivity index (χ1v) is 5.34. The number of hydrogen-bond acceptors (Lipinski definition) is 2. The van der Waals surface area contributed by atoms with Gasteiger partial charge in [0.05, 0.1) is 6.61 Å². The van der Waals surface area contributed by atoms with Crippen molar-refractivity contribution in [2.45, 2.75) is 13.0 Å². The standard InChI is InChI=1S/C11H15FN2OS/c1-8(7-15-2)13-11(16)14-10-5-3-9(12)4-6-10/h3-6,8H,7H2,1-2H3,(H2,13,14,16)/t8-/m0/s1. The minimum atomic E-state index is -0.267. The van der Waals surface area contributed by atoms with Crippen molar-refractivity contribution in [2.75, 3.05) is 19.0 Å². The number of thiocarbonyl (C=S) groups is 1. The third-order valence-electron chi connectivity index (χ3n) is 1.90. The maximum Gasteiger partial charge on any atom is 0.171 e. The summed E-state index contributed by atoms with van der Waals surface area (Å²) in [7, 11) is 1.63. The van der Waals surface area contributed by atoms with Gasteiger partial charge in [0.1, 0.15) is 5.82 Å². The molecule has 0 saturated carbocycles. The molecule has 0 bridgehead atoms.